The first-order valence-electron chi connectivity index (χ1n) is 11.3. The van der Waals surface area contributed by atoms with E-state index in [1.165, 1.54) is 17.3 Å². The van der Waals surface area contributed by atoms with E-state index in [-0.39, 0.29) is 5.91 Å². The highest BCUT2D eigenvalue weighted by Gasteiger charge is 2.25. The average molecular weight is 464 g/mol. The molecular weight excluding hydrogens is 438 g/mol. The van der Waals surface area contributed by atoms with Gasteiger partial charge < -0.3 is 9.88 Å². The number of amidine groups is 1. The van der Waals surface area contributed by atoms with E-state index in [1.807, 2.05) is 54.6 Å². The van der Waals surface area contributed by atoms with Gasteiger partial charge in [-0.15, -0.1) is 0 Å². The van der Waals surface area contributed by atoms with E-state index in [0.717, 1.165) is 40.3 Å². The molecule has 0 saturated carbocycles. The highest BCUT2D eigenvalue weighted by Crippen LogP contribution is 2.35. The van der Waals surface area contributed by atoms with E-state index in [9.17, 15) is 4.79 Å². The topological polar surface area (TPSA) is 46.4 Å². The van der Waals surface area contributed by atoms with Gasteiger partial charge in [0.15, 0.2) is 5.17 Å². The second kappa shape index (κ2) is 9.57. The van der Waals surface area contributed by atoms with Crippen molar-refractivity contribution < 1.29 is 4.79 Å². The zero-order valence-electron chi connectivity index (χ0n) is 19.2. The molecule has 4 nitrogen and oxygen atoms in total. The van der Waals surface area contributed by atoms with Gasteiger partial charge >= 0.3 is 0 Å². The van der Waals surface area contributed by atoms with Gasteiger partial charge in [0.25, 0.3) is 5.91 Å². The number of carbonyl (C=O) groups excluding carboxylic acids is 1. The highest BCUT2D eigenvalue weighted by atomic mass is 32.2. The fourth-order valence-electron chi connectivity index (χ4n) is 4.12. The third kappa shape index (κ3) is 4.47. The molecule has 0 aliphatic carbocycles. The molecule has 1 amide bonds. The third-order valence-corrected chi connectivity index (χ3v) is 6.70. The molecule has 3 aromatic carbocycles. The van der Waals surface area contributed by atoms with Gasteiger partial charge in [-0.25, -0.2) is 4.99 Å². The molecule has 4 aromatic rings. The zero-order chi connectivity index (χ0) is 23.5. The molecule has 0 bridgehead atoms. The third-order valence-electron chi connectivity index (χ3n) is 5.79. The maximum atomic E-state index is 12.8. The SMILES string of the molecule is CCc1ccc(N=C2NC(=O)/C(=C/c3cc(C)n(-c4ccccc4)c3-c3ccccc3)S2)cc1. The van der Waals surface area contributed by atoms with Gasteiger partial charge in [-0.05, 0) is 72.6 Å². The number of benzene rings is 3. The average Bonchev–Trinajstić information content (AvgIpc) is 3.38. The smallest absolute Gasteiger partial charge is 0.264 e. The summed E-state index contributed by atoms with van der Waals surface area (Å²) in [6.07, 6.45) is 2.96. The quantitative estimate of drug-likeness (QED) is 0.327. The summed E-state index contributed by atoms with van der Waals surface area (Å²) in [4.78, 5) is 18.1. The molecule has 1 fully saturated rings. The van der Waals surface area contributed by atoms with Crippen molar-refractivity contribution in [1.82, 2.24) is 9.88 Å². The van der Waals surface area contributed by atoms with Crippen LogP contribution in [0.5, 0.6) is 0 Å². The lowest BCUT2D eigenvalue weighted by Gasteiger charge is -2.13. The Labute approximate surface area is 204 Å². The molecule has 5 heteroatoms. The number of nitrogens with one attached hydrogen (secondary N) is 1. The maximum Gasteiger partial charge on any atom is 0.264 e. The molecule has 34 heavy (non-hydrogen) atoms. The number of aliphatic imine (C=N–C) groups is 1. The van der Waals surface area contributed by atoms with Crippen LogP contribution in [0.25, 0.3) is 23.0 Å². The first-order chi connectivity index (χ1) is 16.6. The molecule has 5 rings (SSSR count). The van der Waals surface area contributed by atoms with Gasteiger partial charge in [-0.3, -0.25) is 4.79 Å². The lowest BCUT2D eigenvalue weighted by Crippen LogP contribution is -2.19. The van der Waals surface area contributed by atoms with Crippen LogP contribution >= 0.6 is 11.8 Å². The molecule has 0 spiro atoms. The molecule has 1 N–H and O–H groups in total. The Hall–Kier alpha value is -3.83. The van der Waals surface area contributed by atoms with Crippen molar-refractivity contribution in [2.45, 2.75) is 20.3 Å². The van der Waals surface area contributed by atoms with Crippen molar-refractivity contribution in [3.05, 3.63) is 113 Å². The summed E-state index contributed by atoms with van der Waals surface area (Å²) in [5, 5.41) is 3.51. The minimum absolute atomic E-state index is 0.127. The van der Waals surface area contributed by atoms with Crippen LogP contribution in [-0.4, -0.2) is 15.6 Å². The number of carbonyl (C=O) groups is 1. The summed E-state index contributed by atoms with van der Waals surface area (Å²) in [7, 11) is 0. The maximum absolute atomic E-state index is 12.8. The Bertz CT molecular complexity index is 1380. The number of hydrogen-bond acceptors (Lipinski definition) is 3. The summed E-state index contributed by atoms with van der Waals surface area (Å²) in [5.74, 6) is -0.127. The van der Waals surface area contributed by atoms with Gasteiger partial charge in [0.05, 0.1) is 16.3 Å². The van der Waals surface area contributed by atoms with Gasteiger partial charge in [0.2, 0.25) is 0 Å². The standard InChI is InChI=1S/C29H25N3OS/c1-3-21-14-16-24(17-15-21)30-29-31-28(33)26(34-29)19-23-18-20(2)32(25-12-8-5-9-13-25)27(23)22-10-6-4-7-11-22/h4-19H,3H2,1-2H3,(H,30,31,33)/b26-19-. The molecule has 168 valence electrons. The molecule has 0 radical (unpaired) electrons. The Morgan fingerprint density at radius 1 is 0.941 bits per heavy atom. The number of aryl methyl sites for hydroxylation is 2. The van der Waals surface area contributed by atoms with Crippen LogP contribution in [0.15, 0.2) is 101 Å². The van der Waals surface area contributed by atoms with E-state index in [2.05, 4.69) is 71.2 Å². The van der Waals surface area contributed by atoms with Crippen molar-refractivity contribution in [3.8, 4) is 16.9 Å². The van der Waals surface area contributed by atoms with Crippen LogP contribution in [0.1, 0.15) is 23.7 Å². The van der Waals surface area contributed by atoms with Gasteiger partial charge in [-0.1, -0.05) is 67.6 Å². The summed E-state index contributed by atoms with van der Waals surface area (Å²) in [6.45, 7) is 4.22. The molecule has 1 aromatic heterocycles. The lowest BCUT2D eigenvalue weighted by molar-refractivity contribution is -0.115. The number of thioether (sulfide) groups is 1. The van der Waals surface area contributed by atoms with E-state index < -0.39 is 0 Å². The lowest BCUT2D eigenvalue weighted by atomic mass is 10.1. The second-order valence-electron chi connectivity index (χ2n) is 8.13. The van der Waals surface area contributed by atoms with Crippen molar-refractivity contribution in [1.29, 1.82) is 0 Å². The second-order valence-corrected chi connectivity index (χ2v) is 9.16. The number of para-hydroxylation sites is 1. The number of amides is 1. The Morgan fingerprint density at radius 2 is 1.62 bits per heavy atom. The summed E-state index contributed by atoms with van der Waals surface area (Å²) >= 11 is 1.37. The fraction of sp³-hybridized carbons (Fsp3) is 0.103. The van der Waals surface area contributed by atoms with Gasteiger partial charge in [-0.2, -0.15) is 0 Å². The molecular formula is C29H25N3OS. The van der Waals surface area contributed by atoms with Gasteiger partial charge in [0.1, 0.15) is 0 Å². The Kier molecular flexibility index (Phi) is 6.19. The summed E-state index contributed by atoms with van der Waals surface area (Å²) in [6, 6.07) is 30.8. The van der Waals surface area contributed by atoms with E-state index in [4.69, 9.17) is 0 Å². The van der Waals surface area contributed by atoms with Crippen molar-refractivity contribution in [3.63, 3.8) is 0 Å². The molecule has 2 heterocycles. The van der Waals surface area contributed by atoms with Crippen LogP contribution in [0.2, 0.25) is 0 Å². The fourth-order valence-corrected chi connectivity index (χ4v) is 4.95. The minimum Gasteiger partial charge on any atom is -0.313 e. The number of nitrogens with zero attached hydrogens (tertiary/aromatic N) is 2. The van der Waals surface area contributed by atoms with Crippen molar-refractivity contribution in [2.75, 3.05) is 0 Å². The van der Waals surface area contributed by atoms with Crippen molar-refractivity contribution in [2.24, 2.45) is 4.99 Å². The largest absolute Gasteiger partial charge is 0.313 e. The zero-order valence-corrected chi connectivity index (χ0v) is 20.0. The molecule has 1 aliphatic heterocycles. The van der Waals surface area contributed by atoms with Crippen LogP contribution < -0.4 is 5.32 Å². The van der Waals surface area contributed by atoms with E-state index in [0.29, 0.717) is 10.1 Å². The van der Waals surface area contributed by atoms with Crippen LogP contribution in [0, 0.1) is 6.92 Å². The molecule has 0 atom stereocenters. The first-order valence-corrected chi connectivity index (χ1v) is 12.2. The predicted molar refractivity (Wildman–Crippen MR) is 143 cm³/mol. The monoisotopic (exact) mass is 463 g/mol. The molecule has 1 aliphatic rings. The highest BCUT2D eigenvalue weighted by molar-refractivity contribution is 8.18. The predicted octanol–water partition coefficient (Wildman–Crippen LogP) is 6.91. The number of hydrogen-bond donors (Lipinski definition) is 1. The minimum atomic E-state index is -0.127. The first kappa shape index (κ1) is 22.0. The van der Waals surface area contributed by atoms with Crippen LogP contribution in [-0.2, 0) is 11.2 Å². The summed E-state index contributed by atoms with van der Waals surface area (Å²) in [5.41, 5.74) is 7.44. The van der Waals surface area contributed by atoms with E-state index >= 15 is 0 Å². The van der Waals surface area contributed by atoms with Crippen LogP contribution in [0.4, 0.5) is 5.69 Å². The molecule has 1 saturated heterocycles. The summed E-state index contributed by atoms with van der Waals surface area (Å²) < 4.78 is 2.24. The number of rotatable bonds is 5. The van der Waals surface area contributed by atoms with Crippen molar-refractivity contribution >= 4 is 34.6 Å². The Balaban J connectivity index is 1.54. The van der Waals surface area contributed by atoms with E-state index in [1.54, 1.807) is 0 Å². The number of aromatic nitrogens is 1. The van der Waals surface area contributed by atoms with Crippen LogP contribution in [0.3, 0.4) is 0 Å². The normalized spacial score (nSPS) is 15.8. The molecule has 0 unspecified atom stereocenters. The van der Waals surface area contributed by atoms with Gasteiger partial charge in [0, 0.05) is 16.9 Å². The Morgan fingerprint density at radius 3 is 2.29 bits per heavy atom.